The van der Waals surface area contributed by atoms with E-state index in [4.69, 9.17) is 9.84 Å². The third kappa shape index (κ3) is 8.17. The minimum Gasteiger partial charge on any atom is -0.494 e. The van der Waals surface area contributed by atoms with Crippen molar-refractivity contribution in [3.63, 3.8) is 0 Å². The standard InChI is InChI=1S/C48H54FN11O5/c1-50-37-25-42(55-60-41(26-51-45(37)60)47(63)53-36-24-34(36)49)52-35-6-4-5-33(44(35)65-3)30-9-7-28(8-10-30)27-57-19-21-58(22-20-57)32-14-11-29(12-15-32)31-13-16-38-40(23-31)56(2)48(64)59(38)39-17-18-43(61)54-46(39)62/h4-6,11-16,23,25-26,28,30,34,36,39,50H,7-10,17-22,24,27H2,1-3H3,(H,52,55)(H,53,63)(H,54,61,62)/t28?,30?,34-,36+,39?/m0/s1. The lowest BCUT2D eigenvalue weighted by Crippen LogP contribution is -2.48. The molecule has 5 heterocycles. The number of halogens is 1. The molecule has 2 saturated heterocycles. The number of imide groups is 1. The summed E-state index contributed by atoms with van der Waals surface area (Å²) in [4.78, 5) is 60.1. The summed E-state index contributed by atoms with van der Waals surface area (Å²) in [7, 11) is 5.20. The Bertz CT molecular complexity index is 2860. The van der Waals surface area contributed by atoms with Gasteiger partial charge in [-0.05, 0) is 91.0 Å². The van der Waals surface area contributed by atoms with Gasteiger partial charge in [-0.15, -0.1) is 5.10 Å². The van der Waals surface area contributed by atoms with Crippen LogP contribution in [-0.2, 0) is 16.6 Å². The second-order valence-electron chi connectivity index (χ2n) is 17.9. The van der Waals surface area contributed by atoms with Crippen LogP contribution in [0.1, 0.15) is 73.0 Å². The number of piperazine rings is 1. The maximum atomic E-state index is 13.6. The summed E-state index contributed by atoms with van der Waals surface area (Å²) in [5, 5.41) is 16.4. The van der Waals surface area contributed by atoms with Gasteiger partial charge in [0.05, 0.1) is 41.8 Å². The maximum absolute atomic E-state index is 13.6. The molecule has 3 atom stereocenters. The third-order valence-electron chi connectivity index (χ3n) is 13.9. The van der Waals surface area contributed by atoms with E-state index in [-0.39, 0.29) is 23.7 Å². The van der Waals surface area contributed by atoms with E-state index in [1.54, 1.807) is 25.8 Å². The second kappa shape index (κ2) is 17.3. The molecule has 4 aliphatic rings. The Morgan fingerprint density at radius 3 is 2.37 bits per heavy atom. The van der Waals surface area contributed by atoms with Gasteiger partial charge in [0, 0.05) is 71.4 Å². The van der Waals surface area contributed by atoms with E-state index in [0.717, 1.165) is 86.5 Å². The number of nitrogens with zero attached hydrogens (tertiary/aromatic N) is 7. The van der Waals surface area contributed by atoms with Crippen LogP contribution < -0.4 is 36.6 Å². The lowest BCUT2D eigenvalue weighted by atomic mass is 9.78. The van der Waals surface area contributed by atoms with Crippen LogP contribution in [0.3, 0.4) is 0 Å². The number of aryl methyl sites for hydroxylation is 1. The van der Waals surface area contributed by atoms with Crippen LogP contribution >= 0.6 is 0 Å². The van der Waals surface area contributed by atoms with Crippen molar-refractivity contribution in [3.05, 3.63) is 94.7 Å². The number of carbonyl (C=O) groups excluding carboxylic acids is 3. The first-order valence-electron chi connectivity index (χ1n) is 22.6. The SMILES string of the molecule is CNc1cc(Nc2cccc(C3CCC(CN4CCN(c5ccc(-c6ccc7c(c6)n(C)c(=O)n7C6CCC(=O)NC6=O)cc5)CC4)CC3)c2OC)nn2c(C(=O)N[C@@H]3C[C@@H]3F)cnc12. The molecule has 6 aromatic rings. The summed E-state index contributed by atoms with van der Waals surface area (Å²) in [5.41, 5.74) is 7.73. The van der Waals surface area contributed by atoms with E-state index in [9.17, 15) is 23.6 Å². The van der Waals surface area contributed by atoms with Gasteiger partial charge in [0.15, 0.2) is 17.2 Å². The number of hydrogen-bond acceptors (Lipinski definition) is 11. The molecule has 3 aromatic carbocycles. The van der Waals surface area contributed by atoms with Crippen molar-refractivity contribution in [2.24, 2.45) is 13.0 Å². The number of nitrogens with one attached hydrogen (secondary N) is 4. The molecule has 3 amide bonds. The average Bonchev–Trinajstić information content (AvgIpc) is 3.73. The molecule has 2 aliphatic carbocycles. The highest BCUT2D eigenvalue weighted by molar-refractivity contribution is 6.00. The van der Waals surface area contributed by atoms with E-state index < -0.39 is 30.1 Å². The molecular weight excluding hydrogens is 830 g/mol. The normalized spacial score (nSPS) is 22.5. The minimum atomic E-state index is -1.01. The Labute approximate surface area is 375 Å². The van der Waals surface area contributed by atoms with Crippen LogP contribution in [0, 0.1) is 5.92 Å². The number of methoxy groups -OCH3 is 1. The Hall–Kier alpha value is -6.75. The topological polar surface area (TPSA) is 172 Å². The van der Waals surface area contributed by atoms with Crippen molar-refractivity contribution in [2.45, 2.75) is 69.1 Å². The van der Waals surface area contributed by atoms with Crippen molar-refractivity contribution in [1.29, 1.82) is 0 Å². The summed E-state index contributed by atoms with van der Waals surface area (Å²) in [6.07, 6.45) is 5.73. The first kappa shape index (κ1) is 42.2. The molecule has 3 aromatic heterocycles. The number of anilines is 4. The van der Waals surface area contributed by atoms with Gasteiger partial charge in [-0.25, -0.2) is 18.7 Å². The number of carbonyl (C=O) groups is 3. The Kier molecular flexibility index (Phi) is 11.3. The lowest BCUT2D eigenvalue weighted by Gasteiger charge is -2.39. The van der Waals surface area contributed by atoms with Crippen molar-refractivity contribution >= 4 is 57.3 Å². The second-order valence-corrected chi connectivity index (χ2v) is 17.9. The first-order chi connectivity index (χ1) is 31.6. The number of benzene rings is 3. The quantitative estimate of drug-likeness (QED) is 0.110. The molecule has 2 aliphatic heterocycles. The van der Waals surface area contributed by atoms with Crippen LogP contribution in [-0.4, -0.2) is 105 Å². The monoisotopic (exact) mass is 883 g/mol. The van der Waals surface area contributed by atoms with Gasteiger partial charge in [-0.3, -0.25) is 33.7 Å². The van der Waals surface area contributed by atoms with Gasteiger partial charge in [0.25, 0.3) is 5.91 Å². The van der Waals surface area contributed by atoms with Crippen molar-refractivity contribution in [3.8, 4) is 16.9 Å². The van der Waals surface area contributed by atoms with Crippen LogP contribution in [0.15, 0.2) is 77.7 Å². The van der Waals surface area contributed by atoms with E-state index in [2.05, 4.69) is 66.4 Å². The molecule has 338 valence electrons. The molecule has 16 nitrogen and oxygen atoms in total. The van der Waals surface area contributed by atoms with Gasteiger partial charge in [-0.1, -0.05) is 30.3 Å². The third-order valence-corrected chi connectivity index (χ3v) is 13.9. The molecule has 10 rings (SSSR count). The zero-order valence-corrected chi connectivity index (χ0v) is 36.8. The fraction of sp³-hybridized carbons (Fsp3) is 0.417. The Morgan fingerprint density at radius 1 is 0.908 bits per heavy atom. The molecular formula is C48H54FN11O5. The summed E-state index contributed by atoms with van der Waals surface area (Å²) in [6, 6.07) is 21.3. The molecule has 0 bridgehead atoms. The smallest absolute Gasteiger partial charge is 0.329 e. The van der Waals surface area contributed by atoms with Crippen LogP contribution in [0.4, 0.5) is 27.3 Å². The molecule has 0 radical (unpaired) electrons. The first-order valence-corrected chi connectivity index (χ1v) is 22.6. The number of imidazole rings is 2. The van der Waals surface area contributed by atoms with Crippen molar-refractivity contribution in [1.82, 2.24) is 39.3 Å². The van der Waals surface area contributed by atoms with Crippen LogP contribution in [0.25, 0.3) is 27.8 Å². The highest BCUT2D eigenvalue weighted by Gasteiger charge is 2.39. The van der Waals surface area contributed by atoms with Gasteiger partial charge in [-0.2, -0.15) is 0 Å². The molecule has 4 fully saturated rings. The van der Waals surface area contributed by atoms with Crippen molar-refractivity contribution < 1.29 is 23.5 Å². The molecule has 0 spiro atoms. The zero-order valence-electron chi connectivity index (χ0n) is 36.8. The number of para-hydroxylation sites is 1. The highest BCUT2D eigenvalue weighted by atomic mass is 19.1. The fourth-order valence-electron chi connectivity index (χ4n) is 10.1. The predicted molar refractivity (Wildman–Crippen MR) is 247 cm³/mol. The Morgan fingerprint density at radius 2 is 1.66 bits per heavy atom. The molecule has 1 unspecified atom stereocenters. The number of amides is 3. The van der Waals surface area contributed by atoms with Gasteiger partial charge in [0.2, 0.25) is 11.8 Å². The van der Waals surface area contributed by atoms with Crippen molar-refractivity contribution in [2.75, 3.05) is 62.4 Å². The van der Waals surface area contributed by atoms with Crippen LogP contribution in [0.2, 0.25) is 0 Å². The zero-order chi connectivity index (χ0) is 44.9. The molecule has 2 saturated carbocycles. The van der Waals surface area contributed by atoms with Crippen LogP contribution in [0.5, 0.6) is 5.75 Å². The summed E-state index contributed by atoms with van der Waals surface area (Å²) in [5.74, 6) is 1.13. The number of piperidine rings is 1. The lowest BCUT2D eigenvalue weighted by molar-refractivity contribution is -0.135. The Balaban J connectivity index is 0.737. The highest BCUT2D eigenvalue weighted by Crippen LogP contribution is 2.43. The maximum Gasteiger partial charge on any atom is 0.329 e. The fourth-order valence-corrected chi connectivity index (χ4v) is 10.1. The number of aromatic nitrogens is 5. The number of alkyl halides is 1. The van der Waals surface area contributed by atoms with E-state index in [1.807, 2.05) is 36.4 Å². The molecule has 4 N–H and O–H groups in total. The number of hydrogen-bond donors (Lipinski definition) is 4. The summed E-state index contributed by atoms with van der Waals surface area (Å²) >= 11 is 0. The summed E-state index contributed by atoms with van der Waals surface area (Å²) < 4.78 is 24.2. The number of rotatable bonds is 12. The van der Waals surface area contributed by atoms with E-state index >= 15 is 0 Å². The minimum absolute atomic E-state index is 0.206. The largest absolute Gasteiger partial charge is 0.494 e. The molecule has 65 heavy (non-hydrogen) atoms. The summed E-state index contributed by atoms with van der Waals surface area (Å²) in [6.45, 7) is 5.04. The molecule has 17 heteroatoms. The van der Waals surface area contributed by atoms with Gasteiger partial charge >= 0.3 is 5.69 Å². The van der Waals surface area contributed by atoms with E-state index in [1.165, 1.54) is 26.5 Å². The number of ether oxygens (including phenoxy) is 1. The van der Waals surface area contributed by atoms with Gasteiger partial charge < -0.3 is 25.6 Å². The predicted octanol–water partition coefficient (Wildman–Crippen LogP) is 5.76. The average molecular weight is 884 g/mol. The van der Waals surface area contributed by atoms with Gasteiger partial charge in [0.1, 0.15) is 18.0 Å². The van der Waals surface area contributed by atoms with E-state index in [0.29, 0.717) is 47.3 Å². The number of fused-ring (bicyclic) bond motifs is 2.